The van der Waals surface area contributed by atoms with Gasteiger partial charge in [0.15, 0.2) is 24.8 Å². The predicted molar refractivity (Wildman–Crippen MR) is 173 cm³/mol. The minimum atomic E-state index is -1.52. The van der Waals surface area contributed by atoms with Crippen molar-refractivity contribution in [2.24, 2.45) is 0 Å². The van der Waals surface area contributed by atoms with Crippen LogP contribution < -0.4 is 4.74 Å². The zero-order valence-electron chi connectivity index (χ0n) is 26.4. The Hall–Kier alpha value is -5.67. The predicted octanol–water partition coefficient (Wildman–Crippen LogP) is 4.33. The number of benzene rings is 4. The van der Waals surface area contributed by atoms with Crippen LogP contribution in [0.2, 0.25) is 0 Å². The molecule has 1 saturated heterocycles. The summed E-state index contributed by atoms with van der Waals surface area (Å²) in [7, 11) is 0. The SMILES string of the molecule is O=C(COc1ccc(C(=O)O)cc1[N+](=O)[O-])OCC1O[C@@H](OCc2ccccc2)C(OC(=O)c2ccccc2)[C@@H](O)[C@@H]1OCc1ccccc1. The highest BCUT2D eigenvalue weighted by Gasteiger charge is 2.49. The van der Waals surface area contributed by atoms with Gasteiger partial charge in [-0.2, -0.15) is 0 Å². The van der Waals surface area contributed by atoms with Crippen molar-refractivity contribution < 1.29 is 57.9 Å². The quantitative estimate of drug-likeness (QED) is 0.102. The number of carboxylic acid groups (broad SMARTS) is 1. The fourth-order valence-electron chi connectivity index (χ4n) is 5.05. The summed E-state index contributed by atoms with van der Waals surface area (Å²) in [6.45, 7) is -1.22. The van der Waals surface area contributed by atoms with Gasteiger partial charge < -0.3 is 38.6 Å². The maximum atomic E-state index is 13.1. The molecule has 0 aliphatic carbocycles. The number of carbonyl (C=O) groups is 3. The van der Waals surface area contributed by atoms with Crippen molar-refractivity contribution in [2.75, 3.05) is 13.2 Å². The highest BCUT2D eigenvalue weighted by atomic mass is 16.7. The molecule has 1 fully saturated rings. The average molecular weight is 688 g/mol. The second-order valence-electron chi connectivity index (χ2n) is 11.0. The number of carbonyl (C=O) groups excluding carboxylic acids is 2. The monoisotopic (exact) mass is 687 g/mol. The first-order chi connectivity index (χ1) is 24.2. The molecule has 5 rings (SSSR count). The molecule has 14 heteroatoms. The van der Waals surface area contributed by atoms with Crippen LogP contribution in [0.25, 0.3) is 0 Å². The van der Waals surface area contributed by atoms with Crippen LogP contribution in [0.5, 0.6) is 5.75 Å². The van der Waals surface area contributed by atoms with Gasteiger partial charge in [-0.3, -0.25) is 10.1 Å². The highest BCUT2D eigenvalue weighted by molar-refractivity contribution is 5.89. The molecular weight excluding hydrogens is 654 g/mol. The average Bonchev–Trinajstić information content (AvgIpc) is 3.14. The summed E-state index contributed by atoms with van der Waals surface area (Å²) in [5.41, 5.74) is 0.779. The molecule has 0 spiro atoms. The van der Waals surface area contributed by atoms with Gasteiger partial charge >= 0.3 is 23.6 Å². The number of esters is 2. The van der Waals surface area contributed by atoms with Crippen LogP contribution in [0.1, 0.15) is 31.8 Å². The summed E-state index contributed by atoms with van der Waals surface area (Å²) in [5, 5.41) is 32.3. The van der Waals surface area contributed by atoms with Gasteiger partial charge in [-0.15, -0.1) is 0 Å². The van der Waals surface area contributed by atoms with Crippen LogP contribution in [0, 0.1) is 10.1 Å². The van der Waals surface area contributed by atoms with Crippen molar-refractivity contribution in [1.82, 2.24) is 0 Å². The van der Waals surface area contributed by atoms with E-state index in [-0.39, 0.29) is 30.1 Å². The summed E-state index contributed by atoms with van der Waals surface area (Å²) in [6.07, 6.45) is -6.55. The first-order valence-electron chi connectivity index (χ1n) is 15.4. The molecule has 5 atom stereocenters. The molecule has 260 valence electrons. The molecule has 4 aromatic carbocycles. The summed E-state index contributed by atoms with van der Waals surface area (Å²) < 4.78 is 34.7. The fraction of sp³-hybridized carbons (Fsp3) is 0.250. The number of carboxylic acids is 1. The van der Waals surface area contributed by atoms with Crippen molar-refractivity contribution in [3.8, 4) is 5.75 Å². The normalized spacial score (nSPS) is 20.0. The Balaban J connectivity index is 1.33. The van der Waals surface area contributed by atoms with E-state index in [1.54, 1.807) is 30.3 Å². The lowest BCUT2D eigenvalue weighted by molar-refractivity contribution is -0.385. The first-order valence-corrected chi connectivity index (χ1v) is 15.4. The van der Waals surface area contributed by atoms with Crippen molar-refractivity contribution in [3.05, 3.63) is 142 Å². The maximum absolute atomic E-state index is 13.1. The number of rotatable bonds is 15. The van der Waals surface area contributed by atoms with Crippen LogP contribution >= 0.6 is 0 Å². The minimum Gasteiger partial charge on any atom is -0.478 e. The number of hydrogen-bond donors (Lipinski definition) is 2. The molecule has 1 aliphatic heterocycles. The van der Waals surface area contributed by atoms with E-state index < -0.39 is 72.4 Å². The second kappa shape index (κ2) is 17.1. The zero-order chi connectivity index (χ0) is 35.5. The van der Waals surface area contributed by atoms with E-state index in [4.69, 9.17) is 33.5 Å². The Morgan fingerprint density at radius 1 is 0.780 bits per heavy atom. The number of aliphatic hydroxyl groups is 1. The summed E-state index contributed by atoms with van der Waals surface area (Å²) in [4.78, 5) is 47.8. The number of aliphatic hydroxyl groups excluding tert-OH is 1. The Labute approximate surface area is 285 Å². The van der Waals surface area contributed by atoms with E-state index >= 15 is 0 Å². The number of nitro groups is 1. The lowest BCUT2D eigenvalue weighted by Crippen LogP contribution is -2.61. The molecule has 4 aromatic rings. The number of hydrogen-bond acceptors (Lipinski definition) is 12. The van der Waals surface area contributed by atoms with E-state index in [1.807, 2.05) is 60.7 Å². The number of nitrogens with zero attached hydrogens (tertiary/aromatic N) is 1. The van der Waals surface area contributed by atoms with Crippen molar-refractivity contribution >= 4 is 23.6 Å². The van der Waals surface area contributed by atoms with Gasteiger partial charge in [-0.05, 0) is 35.4 Å². The Morgan fingerprint density at radius 2 is 1.38 bits per heavy atom. The van der Waals surface area contributed by atoms with Gasteiger partial charge in [0.05, 0.1) is 29.3 Å². The summed E-state index contributed by atoms with van der Waals surface area (Å²) >= 11 is 0. The van der Waals surface area contributed by atoms with Gasteiger partial charge in [0.25, 0.3) is 0 Å². The van der Waals surface area contributed by atoms with E-state index in [0.29, 0.717) is 0 Å². The molecule has 0 saturated carbocycles. The van der Waals surface area contributed by atoms with Gasteiger partial charge in [0, 0.05) is 6.07 Å². The van der Waals surface area contributed by atoms with Gasteiger partial charge in [0.2, 0.25) is 0 Å². The minimum absolute atomic E-state index is 0.0182. The largest absolute Gasteiger partial charge is 0.478 e. The number of aromatic carboxylic acids is 1. The molecule has 50 heavy (non-hydrogen) atoms. The molecular formula is C36H33NO13. The summed E-state index contributed by atoms with van der Waals surface area (Å²) in [5.74, 6) is -3.41. The van der Waals surface area contributed by atoms with Crippen molar-refractivity contribution in [2.45, 2.75) is 43.9 Å². The van der Waals surface area contributed by atoms with Gasteiger partial charge in [-0.25, -0.2) is 14.4 Å². The van der Waals surface area contributed by atoms with Crippen LogP contribution in [-0.2, 0) is 41.7 Å². The van der Waals surface area contributed by atoms with Gasteiger partial charge in [-0.1, -0.05) is 78.9 Å². The van der Waals surface area contributed by atoms with E-state index in [9.17, 15) is 29.6 Å². The van der Waals surface area contributed by atoms with E-state index in [0.717, 1.165) is 29.3 Å². The van der Waals surface area contributed by atoms with E-state index in [1.165, 1.54) is 0 Å². The third-order valence-electron chi connectivity index (χ3n) is 7.57. The molecule has 1 aliphatic rings. The Kier molecular flexibility index (Phi) is 12.2. The lowest BCUT2D eigenvalue weighted by Gasteiger charge is -2.43. The highest BCUT2D eigenvalue weighted by Crippen LogP contribution is 2.30. The number of ether oxygens (including phenoxy) is 6. The molecule has 2 unspecified atom stereocenters. The number of nitro benzene ring substituents is 1. The topological polar surface area (TPSA) is 190 Å². The molecule has 0 bridgehead atoms. The first kappa shape index (κ1) is 35.6. The maximum Gasteiger partial charge on any atom is 0.344 e. The third-order valence-corrected chi connectivity index (χ3v) is 7.57. The molecule has 0 radical (unpaired) electrons. The Morgan fingerprint density at radius 3 is 1.98 bits per heavy atom. The molecule has 14 nitrogen and oxygen atoms in total. The summed E-state index contributed by atoms with van der Waals surface area (Å²) in [6, 6.07) is 29.3. The van der Waals surface area contributed by atoms with Crippen LogP contribution in [-0.4, -0.2) is 77.0 Å². The molecule has 0 amide bonds. The smallest absolute Gasteiger partial charge is 0.344 e. The van der Waals surface area contributed by atoms with Crippen molar-refractivity contribution in [3.63, 3.8) is 0 Å². The zero-order valence-corrected chi connectivity index (χ0v) is 26.4. The molecule has 1 heterocycles. The third kappa shape index (κ3) is 9.48. The standard InChI is InChI=1S/C36H33NO13/c38-30(22-45-28-17-16-26(34(40)41)18-27(28)37(43)44)46-21-29-32(47-19-23-10-4-1-5-11-23)31(39)33(50-35(42)25-14-8-3-9-15-25)36(49-29)48-20-24-12-6-2-7-13-24/h1-18,29,31-33,36,39H,19-22H2,(H,40,41)/t29?,31-,32+,33?,36+/m0/s1. The fourth-order valence-corrected chi connectivity index (χ4v) is 5.05. The molecule has 2 N–H and O–H groups in total. The van der Waals surface area contributed by atoms with E-state index in [2.05, 4.69) is 0 Å². The van der Waals surface area contributed by atoms with Crippen LogP contribution in [0.4, 0.5) is 5.69 Å². The Bertz CT molecular complexity index is 1750. The van der Waals surface area contributed by atoms with Crippen LogP contribution in [0.15, 0.2) is 109 Å². The second-order valence-corrected chi connectivity index (χ2v) is 11.0. The molecule has 0 aromatic heterocycles. The van der Waals surface area contributed by atoms with Crippen LogP contribution in [0.3, 0.4) is 0 Å². The lowest BCUT2D eigenvalue weighted by atomic mass is 9.98. The van der Waals surface area contributed by atoms with Gasteiger partial charge in [0.1, 0.15) is 24.9 Å². The van der Waals surface area contributed by atoms with Crippen molar-refractivity contribution in [1.29, 1.82) is 0 Å².